The number of hydrogen-bond donors (Lipinski definition) is 2. The van der Waals surface area contributed by atoms with Crippen molar-refractivity contribution in [3.05, 3.63) is 22.4 Å². The summed E-state index contributed by atoms with van der Waals surface area (Å²) in [6, 6.07) is 3.03. The average molecular weight is 259 g/mol. The maximum absolute atomic E-state index is 10.7. The third-order valence-electron chi connectivity index (χ3n) is 1.37. The van der Waals surface area contributed by atoms with Gasteiger partial charge in [0.25, 0.3) is 0 Å². The Labute approximate surface area is 88.3 Å². The van der Waals surface area contributed by atoms with E-state index in [-0.39, 0.29) is 17.3 Å². The van der Waals surface area contributed by atoms with Gasteiger partial charge >= 0.3 is 5.97 Å². The number of hydrogen-bond acceptors (Lipinski definition) is 3. The SMILES string of the molecule is CC(=O)Nc1ccc(Br)nc1C(=O)O. The van der Waals surface area contributed by atoms with Crippen LogP contribution in [0, 0.1) is 0 Å². The molecule has 6 heteroatoms. The van der Waals surface area contributed by atoms with Gasteiger partial charge in [-0.2, -0.15) is 0 Å². The molecule has 0 fully saturated rings. The summed E-state index contributed by atoms with van der Waals surface area (Å²) in [7, 11) is 0. The number of carbonyl (C=O) groups excluding carboxylic acids is 1. The van der Waals surface area contributed by atoms with Gasteiger partial charge in [0.1, 0.15) is 4.60 Å². The predicted octanol–water partition coefficient (Wildman–Crippen LogP) is 1.50. The summed E-state index contributed by atoms with van der Waals surface area (Å²) >= 11 is 3.04. The Balaban J connectivity index is 3.14. The highest BCUT2D eigenvalue weighted by Gasteiger charge is 2.12. The van der Waals surface area contributed by atoms with E-state index in [1.54, 1.807) is 6.07 Å². The lowest BCUT2D eigenvalue weighted by Crippen LogP contribution is -2.12. The second kappa shape index (κ2) is 4.19. The highest BCUT2D eigenvalue weighted by Crippen LogP contribution is 2.16. The van der Waals surface area contributed by atoms with Crippen LogP contribution in [0.2, 0.25) is 0 Å². The zero-order valence-corrected chi connectivity index (χ0v) is 8.83. The standard InChI is InChI=1S/C8H7BrN2O3/c1-4(12)10-5-2-3-6(9)11-7(5)8(13)14/h2-3H,1H3,(H,10,12)(H,13,14). The van der Waals surface area contributed by atoms with Crippen LogP contribution in [0.3, 0.4) is 0 Å². The van der Waals surface area contributed by atoms with Crippen LogP contribution in [0.25, 0.3) is 0 Å². The van der Waals surface area contributed by atoms with Crippen LogP contribution >= 0.6 is 15.9 Å². The Bertz CT molecular complexity index is 392. The smallest absolute Gasteiger partial charge is 0.356 e. The van der Waals surface area contributed by atoms with Crippen LogP contribution in [0.15, 0.2) is 16.7 Å². The van der Waals surface area contributed by atoms with Crippen LogP contribution in [0.5, 0.6) is 0 Å². The number of halogens is 1. The minimum absolute atomic E-state index is 0.186. The van der Waals surface area contributed by atoms with Gasteiger partial charge in [-0.1, -0.05) is 0 Å². The monoisotopic (exact) mass is 258 g/mol. The van der Waals surface area contributed by atoms with E-state index in [4.69, 9.17) is 5.11 Å². The van der Waals surface area contributed by atoms with Crippen molar-refractivity contribution < 1.29 is 14.7 Å². The molecule has 1 rings (SSSR count). The van der Waals surface area contributed by atoms with E-state index in [2.05, 4.69) is 26.2 Å². The summed E-state index contributed by atoms with van der Waals surface area (Å²) in [5.74, 6) is -1.52. The first-order chi connectivity index (χ1) is 6.50. The number of anilines is 1. The Morgan fingerprint density at radius 1 is 1.50 bits per heavy atom. The number of carbonyl (C=O) groups is 2. The van der Waals surface area contributed by atoms with Gasteiger partial charge in [-0.05, 0) is 28.1 Å². The molecule has 0 unspecified atom stereocenters. The van der Waals surface area contributed by atoms with Crippen LogP contribution in [0.4, 0.5) is 5.69 Å². The maximum atomic E-state index is 10.7. The lowest BCUT2D eigenvalue weighted by Gasteiger charge is -2.05. The Hall–Kier alpha value is -1.43. The van der Waals surface area contributed by atoms with E-state index >= 15 is 0 Å². The van der Waals surface area contributed by atoms with E-state index in [0.29, 0.717) is 4.60 Å². The largest absolute Gasteiger partial charge is 0.476 e. The molecule has 0 aliphatic carbocycles. The van der Waals surface area contributed by atoms with Crippen molar-refractivity contribution in [2.75, 3.05) is 5.32 Å². The Morgan fingerprint density at radius 2 is 2.14 bits per heavy atom. The lowest BCUT2D eigenvalue weighted by molar-refractivity contribution is -0.114. The maximum Gasteiger partial charge on any atom is 0.356 e. The first kappa shape index (κ1) is 10.6. The fraction of sp³-hybridized carbons (Fsp3) is 0.125. The molecule has 0 bridgehead atoms. The molecule has 0 spiro atoms. The van der Waals surface area contributed by atoms with E-state index in [0.717, 1.165) is 0 Å². The van der Waals surface area contributed by atoms with E-state index in [9.17, 15) is 9.59 Å². The number of carboxylic acid groups (broad SMARTS) is 1. The molecule has 0 atom stereocenters. The number of aromatic nitrogens is 1. The summed E-state index contributed by atoms with van der Waals surface area (Å²) in [4.78, 5) is 25.2. The normalized spacial score (nSPS) is 9.57. The van der Waals surface area contributed by atoms with Gasteiger partial charge in [0, 0.05) is 6.92 Å². The molecule has 5 nitrogen and oxygen atoms in total. The van der Waals surface area contributed by atoms with E-state index < -0.39 is 5.97 Å². The van der Waals surface area contributed by atoms with Gasteiger partial charge in [-0.3, -0.25) is 4.79 Å². The quantitative estimate of drug-likeness (QED) is 0.789. The van der Waals surface area contributed by atoms with Crippen molar-refractivity contribution in [1.29, 1.82) is 0 Å². The van der Waals surface area contributed by atoms with Crippen molar-refractivity contribution in [2.24, 2.45) is 0 Å². The van der Waals surface area contributed by atoms with E-state index in [1.807, 2.05) is 0 Å². The third-order valence-corrected chi connectivity index (χ3v) is 1.82. The molecule has 14 heavy (non-hydrogen) atoms. The van der Waals surface area contributed by atoms with Crippen LogP contribution in [-0.4, -0.2) is 22.0 Å². The molecule has 1 heterocycles. The number of pyridine rings is 1. The highest BCUT2D eigenvalue weighted by molar-refractivity contribution is 9.10. The molecule has 1 aromatic heterocycles. The van der Waals surface area contributed by atoms with Gasteiger partial charge in [-0.25, -0.2) is 9.78 Å². The fourth-order valence-electron chi connectivity index (χ4n) is 0.889. The number of nitrogens with zero attached hydrogens (tertiary/aromatic N) is 1. The number of carboxylic acids is 1. The third kappa shape index (κ3) is 2.53. The van der Waals surface area contributed by atoms with Gasteiger partial charge in [0.05, 0.1) is 5.69 Å². The second-order valence-corrected chi connectivity index (χ2v) is 3.33. The number of aromatic carboxylic acids is 1. The molecular formula is C8H7BrN2O3. The number of rotatable bonds is 2. The molecule has 0 saturated carbocycles. The van der Waals surface area contributed by atoms with Crippen molar-refractivity contribution in [2.45, 2.75) is 6.92 Å². The Kier molecular flexibility index (Phi) is 3.19. The first-order valence-corrected chi connectivity index (χ1v) is 4.47. The van der Waals surface area contributed by atoms with Crippen molar-refractivity contribution in [3.63, 3.8) is 0 Å². The number of amides is 1. The second-order valence-electron chi connectivity index (χ2n) is 2.52. The van der Waals surface area contributed by atoms with Crippen molar-refractivity contribution in [3.8, 4) is 0 Å². The summed E-state index contributed by atoms with van der Waals surface area (Å²) in [6.45, 7) is 1.30. The molecule has 0 aromatic carbocycles. The van der Waals surface area contributed by atoms with Crippen LogP contribution < -0.4 is 5.32 Å². The van der Waals surface area contributed by atoms with Gasteiger partial charge in [0.15, 0.2) is 5.69 Å². The summed E-state index contributed by atoms with van der Waals surface area (Å²) in [5.41, 5.74) is 0.00257. The van der Waals surface area contributed by atoms with Gasteiger partial charge in [0.2, 0.25) is 5.91 Å². The summed E-state index contributed by atoms with van der Waals surface area (Å²) in [5, 5.41) is 11.1. The molecule has 1 aromatic rings. The minimum Gasteiger partial charge on any atom is -0.476 e. The predicted molar refractivity (Wildman–Crippen MR) is 53.2 cm³/mol. The first-order valence-electron chi connectivity index (χ1n) is 3.68. The fourth-order valence-corrected chi connectivity index (χ4v) is 1.20. The van der Waals surface area contributed by atoms with Crippen molar-refractivity contribution >= 4 is 33.5 Å². The summed E-state index contributed by atoms with van der Waals surface area (Å²) in [6.07, 6.45) is 0. The zero-order valence-electron chi connectivity index (χ0n) is 7.24. The highest BCUT2D eigenvalue weighted by atomic mass is 79.9. The molecule has 74 valence electrons. The zero-order chi connectivity index (χ0) is 10.7. The molecule has 0 aliphatic rings. The summed E-state index contributed by atoms with van der Waals surface area (Å²) < 4.78 is 0.406. The lowest BCUT2D eigenvalue weighted by atomic mass is 10.3. The molecular weight excluding hydrogens is 252 g/mol. The van der Waals surface area contributed by atoms with Gasteiger partial charge in [-0.15, -0.1) is 0 Å². The molecule has 2 N–H and O–H groups in total. The molecule has 0 aliphatic heterocycles. The molecule has 0 saturated heterocycles. The van der Waals surface area contributed by atoms with E-state index in [1.165, 1.54) is 13.0 Å². The van der Waals surface area contributed by atoms with Crippen LogP contribution in [0.1, 0.15) is 17.4 Å². The van der Waals surface area contributed by atoms with Gasteiger partial charge < -0.3 is 10.4 Å². The van der Waals surface area contributed by atoms with Crippen molar-refractivity contribution in [1.82, 2.24) is 4.98 Å². The minimum atomic E-state index is -1.19. The number of nitrogens with one attached hydrogen (secondary N) is 1. The average Bonchev–Trinajstić information content (AvgIpc) is 2.07. The topological polar surface area (TPSA) is 79.3 Å². The molecule has 1 amide bonds. The van der Waals surface area contributed by atoms with Crippen LogP contribution in [-0.2, 0) is 4.79 Å². The molecule has 0 radical (unpaired) electrons. The Morgan fingerprint density at radius 3 is 2.64 bits per heavy atom.